The average Bonchev–Trinajstić information content (AvgIpc) is 3.33. The molecule has 0 aliphatic heterocycles. The van der Waals surface area contributed by atoms with Crippen LogP contribution in [0.15, 0.2) is 72.9 Å². The molecule has 8 nitrogen and oxygen atoms in total. The van der Waals surface area contributed by atoms with Crippen LogP contribution in [-0.4, -0.2) is 31.5 Å². The lowest BCUT2D eigenvalue weighted by Gasteiger charge is -2.07. The monoisotopic (exact) mass is 412 g/mol. The third-order valence-corrected chi connectivity index (χ3v) is 4.43. The maximum absolute atomic E-state index is 12.3. The summed E-state index contributed by atoms with van der Waals surface area (Å²) in [7, 11) is 0. The molecule has 31 heavy (non-hydrogen) atoms. The van der Waals surface area contributed by atoms with Crippen LogP contribution in [0.3, 0.4) is 0 Å². The van der Waals surface area contributed by atoms with E-state index >= 15 is 0 Å². The quantitative estimate of drug-likeness (QED) is 0.439. The molecule has 2 aromatic heterocycles. The van der Waals surface area contributed by atoms with Gasteiger partial charge in [0.2, 0.25) is 11.7 Å². The first-order valence-electron chi connectivity index (χ1n) is 9.75. The summed E-state index contributed by atoms with van der Waals surface area (Å²) in [6.45, 7) is 2.08. The Bertz CT molecular complexity index is 1200. The lowest BCUT2D eigenvalue weighted by atomic mass is 10.1. The molecule has 0 aliphatic rings. The van der Waals surface area contributed by atoms with Gasteiger partial charge in [0.15, 0.2) is 0 Å². The van der Waals surface area contributed by atoms with Gasteiger partial charge in [0, 0.05) is 24.0 Å². The Kier molecular flexibility index (Phi) is 6.08. The summed E-state index contributed by atoms with van der Waals surface area (Å²) in [4.78, 5) is 16.5. The van der Waals surface area contributed by atoms with Crippen molar-refractivity contribution in [3.05, 3.63) is 84.1 Å². The zero-order valence-electron chi connectivity index (χ0n) is 16.8. The molecule has 0 atom stereocenters. The number of benzene rings is 2. The van der Waals surface area contributed by atoms with Crippen LogP contribution in [0.4, 0.5) is 5.69 Å². The molecule has 0 unspecified atom stereocenters. The molecule has 2 N–H and O–H groups in total. The van der Waals surface area contributed by atoms with Crippen molar-refractivity contribution < 1.29 is 9.53 Å². The normalized spacial score (nSPS) is 10.9. The number of anilines is 1. The molecule has 2 aromatic carbocycles. The average molecular weight is 412 g/mol. The molecule has 154 valence electrons. The van der Waals surface area contributed by atoms with Crippen LogP contribution in [0.5, 0.6) is 11.5 Å². The van der Waals surface area contributed by atoms with E-state index in [1.54, 1.807) is 24.4 Å². The Morgan fingerprint density at radius 1 is 1.10 bits per heavy atom. The lowest BCUT2D eigenvalue weighted by molar-refractivity contribution is -0.111. The summed E-state index contributed by atoms with van der Waals surface area (Å²) < 4.78 is 5.93. The highest BCUT2D eigenvalue weighted by Crippen LogP contribution is 2.25. The topological polar surface area (TPSA) is 106 Å². The number of pyridine rings is 1. The Morgan fingerprint density at radius 2 is 1.97 bits per heavy atom. The predicted molar refractivity (Wildman–Crippen MR) is 117 cm³/mol. The van der Waals surface area contributed by atoms with Crippen LogP contribution in [0.25, 0.3) is 17.6 Å². The third kappa shape index (κ3) is 5.39. The molecule has 0 saturated carbocycles. The van der Waals surface area contributed by atoms with Gasteiger partial charge in [0.05, 0.1) is 0 Å². The minimum Gasteiger partial charge on any atom is -0.457 e. The molecule has 4 aromatic rings. The second-order valence-corrected chi connectivity index (χ2v) is 6.66. The number of nitrogens with one attached hydrogen (secondary N) is 2. The molecule has 4 rings (SSSR count). The number of hydrogen-bond donors (Lipinski definition) is 2. The molecule has 0 radical (unpaired) electrons. The van der Waals surface area contributed by atoms with Crippen molar-refractivity contribution in [2.45, 2.75) is 13.3 Å². The second kappa shape index (κ2) is 9.45. The van der Waals surface area contributed by atoms with E-state index in [4.69, 9.17) is 4.74 Å². The summed E-state index contributed by atoms with van der Waals surface area (Å²) in [5, 5.41) is 16.6. The molecular weight excluding hydrogens is 392 g/mol. The SMILES string of the molecule is CCc1cccc(NC(=O)C=Cc2cccc(Oc3ccnc(-c4nn[nH]n4)c3)c2)c1. The van der Waals surface area contributed by atoms with Crippen LogP contribution < -0.4 is 10.1 Å². The largest absolute Gasteiger partial charge is 0.457 e. The minimum absolute atomic E-state index is 0.196. The standard InChI is InChI=1S/C23H20N6O2/c1-2-16-5-3-7-18(13-16)25-22(30)10-9-17-6-4-8-19(14-17)31-20-11-12-24-21(15-20)23-26-28-29-27-23/h3-15H,2H2,1H3,(H,25,30)(H,26,27,28,29). The van der Waals surface area contributed by atoms with Crippen molar-refractivity contribution in [3.63, 3.8) is 0 Å². The summed E-state index contributed by atoms with van der Waals surface area (Å²) in [6, 6.07) is 18.7. The van der Waals surface area contributed by atoms with Crippen LogP contribution in [0.1, 0.15) is 18.1 Å². The molecule has 1 amide bonds. The maximum Gasteiger partial charge on any atom is 0.248 e. The molecule has 0 saturated heterocycles. The highest BCUT2D eigenvalue weighted by atomic mass is 16.5. The van der Waals surface area contributed by atoms with E-state index in [0.717, 1.165) is 17.7 Å². The van der Waals surface area contributed by atoms with Gasteiger partial charge in [-0.25, -0.2) is 0 Å². The van der Waals surface area contributed by atoms with Crippen molar-refractivity contribution in [1.82, 2.24) is 25.6 Å². The maximum atomic E-state index is 12.3. The minimum atomic E-state index is -0.196. The number of aryl methyl sites for hydroxylation is 1. The Hall–Kier alpha value is -4.33. The highest BCUT2D eigenvalue weighted by molar-refractivity contribution is 6.01. The Morgan fingerprint density at radius 3 is 2.81 bits per heavy atom. The molecule has 8 heteroatoms. The number of ether oxygens (including phenoxy) is 1. The zero-order valence-corrected chi connectivity index (χ0v) is 16.8. The van der Waals surface area contributed by atoms with Crippen molar-refractivity contribution in [3.8, 4) is 23.0 Å². The van der Waals surface area contributed by atoms with Gasteiger partial charge in [-0.1, -0.05) is 31.2 Å². The van der Waals surface area contributed by atoms with Gasteiger partial charge >= 0.3 is 0 Å². The number of carbonyl (C=O) groups excluding carboxylic acids is 1. The van der Waals surface area contributed by atoms with Gasteiger partial charge in [0.1, 0.15) is 17.2 Å². The first-order valence-corrected chi connectivity index (χ1v) is 9.75. The molecule has 0 aliphatic carbocycles. The van der Waals surface area contributed by atoms with Crippen molar-refractivity contribution >= 4 is 17.7 Å². The van der Waals surface area contributed by atoms with Crippen LogP contribution in [0.2, 0.25) is 0 Å². The number of carbonyl (C=O) groups is 1. The van der Waals surface area contributed by atoms with E-state index in [2.05, 4.69) is 37.8 Å². The van der Waals surface area contributed by atoms with Crippen LogP contribution >= 0.6 is 0 Å². The lowest BCUT2D eigenvalue weighted by Crippen LogP contribution is -2.07. The molecule has 2 heterocycles. The van der Waals surface area contributed by atoms with Crippen LogP contribution in [0, 0.1) is 0 Å². The third-order valence-electron chi connectivity index (χ3n) is 4.43. The number of aromatic nitrogens is 5. The number of amides is 1. The predicted octanol–water partition coefficient (Wildman–Crippen LogP) is 4.27. The summed E-state index contributed by atoms with van der Waals surface area (Å²) in [5.74, 6) is 1.41. The van der Waals surface area contributed by atoms with E-state index in [1.165, 1.54) is 11.6 Å². The van der Waals surface area contributed by atoms with Gasteiger partial charge in [-0.15, -0.1) is 10.2 Å². The van der Waals surface area contributed by atoms with Gasteiger partial charge in [-0.3, -0.25) is 9.78 Å². The van der Waals surface area contributed by atoms with Gasteiger partial charge in [-0.05, 0) is 59.2 Å². The Balaban J connectivity index is 1.42. The molecule has 0 spiro atoms. The van der Waals surface area contributed by atoms with E-state index < -0.39 is 0 Å². The second-order valence-electron chi connectivity index (χ2n) is 6.66. The van der Waals surface area contributed by atoms with E-state index in [1.807, 2.05) is 48.5 Å². The van der Waals surface area contributed by atoms with E-state index in [0.29, 0.717) is 23.0 Å². The Labute approximate surface area is 179 Å². The van der Waals surface area contributed by atoms with Crippen LogP contribution in [-0.2, 0) is 11.2 Å². The number of nitrogens with zero attached hydrogens (tertiary/aromatic N) is 4. The fourth-order valence-electron chi connectivity index (χ4n) is 2.91. The van der Waals surface area contributed by atoms with E-state index in [9.17, 15) is 4.79 Å². The summed E-state index contributed by atoms with van der Waals surface area (Å²) in [6.07, 6.45) is 5.77. The van der Waals surface area contributed by atoms with Gasteiger partial charge < -0.3 is 10.1 Å². The van der Waals surface area contributed by atoms with Crippen molar-refractivity contribution in [1.29, 1.82) is 0 Å². The summed E-state index contributed by atoms with van der Waals surface area (Å²) in [5.41, 5.74) is 3.33. The van der Waals surface area contributed by atoms with E-state index in [-0.39, 0.29) is 5.91 Å². The first kappa shape index (κ1) is 20.0. The zero-order chi connectivity index (χ0) is 21.5. The summed E-state index contributed by atoms with van der Waals surface area (Å²) >= 11 is 0. The molecule has 0 fully saturated rings. The molecular formula is C23H20N6O2. The number of aromatic amines is 1. The number of rotatable bonds is 7. The van der Waals surface area contributed by atoms with Gasteiger partial charge in [-0.2, -0.15) is 5.21 Å². The van der Waals surface area contributed by atoms with Gasteiger partial charge in [0.25, 0.3) is 0 Å². The fraction of sp³-hybridized carbons (Fsp3) is 0.0870. The molecule has 0 bridgehead atoms. The van der Waals surface area contributed by atoms with Crippen molar-refractivity contribution in [2.75, 3.05) is 5.32 Å². The van der Waals surface area contributed by atoms with Crippen molar-refractivity contribution in [2.24, 2.45) is 0 Å². The number of tetrazole rings is 1. The number of hydrogen-bond acceptors (Lipinski definition) is 6. The fourth-order valence-corrected chi connectivity index (χ4v) is 2.91. The smallest absolute Gasteiger partial charge is 0.248 e. The number of H-pyrrole nitrogens is 1. The first-order chi connectivity index (χ1) is 15.2. The highest BCUT2D eigenvalue weighted by Gasteiger charge is 2.07.